The van der Waals surface area contributed by atoms with Gasteiger partial charge in [0.25, 0.3) is 0 Å². The molecule has 1 aromatic carbocycles. The molecular weight excluding hydrogens is 292 g/mol. The van der Waals surface area contributed by atoms with Crippen molar-refractivity contribution in [2.24, 2.45) is 5.41 Å². The van der Waals surface area contributed by atoms with Crippen LogP contribution in [0.5, 0.6) is 0 Å². The number of hydrogen-bond donors (Lipinski definition) is 1. The minimum absolute atomic E-state index is 0.00269. The van der Waals surface area contributed by atoms with Gasteiger partial charge in [0, 0.05) is 24.8 Å². The van der Waals surface area contributed by atoms with Crippen LogP contribution in [0, 0.1) is 19.3 Å². The molecule has 1 rings (SSSR count). The number of benzene rings is 1. The third-order valence-electron chi connectivity index (χ3n) is 3.33. The zero-order chi connectivity index (χ0) is 17.6. The van der Waals surface area contributed by atoms with Gasteiger partial charge in [-0.3, -0.25) is 9.59 Å². The molecule has 0 spiro atoms. The van der Waals surface area contributed by atoms with Gasteiger partial charge in [0.2, 0.25) is 11.8 Å². The first-order chi connectivity index (χ1) is 10.6. The Kier molecular flexibility index (Phi) is 6.76. The second kappa shape index (κ2) is 8.11. The lowest BCUT2D eigenvalue weighted by atomic mass is 9.94. The predicted molar refractivity (Wildman–Crippen MR) is 92.6 cm³/mol. The summed E-state index contributed by atoms with van der Waals surface area (Å²) in [6, 6.07) is 5.90. The van der Waals surface area contributed by atoms with E-state index in [1.54, 1.807) is 12.0 Å². The van der Waals surface area contributed by atoms with Crippen LogP contribution in [0.3, 0.4) is 0 Å². The van der Waals surface area contributed by atoms with Crippen LogP contribution in [0.4, 0.5) is 5.69 Å². The van der Waals surface area contributed by atoms with Gasteiger partial charge < -0.3 is 15.0 Å². The number of amides is 2. The molecule has 23 heavy (non-hydrogen) atoms. The summed E-state index contributed by atoms with van der Waals surface area (Å²) in [7, 11) is 1.58. The molecule has 0 radical (unpaired) electrons. The highest BCUT2D eigenvalue weighted by molar-refractivity contribution is 6.01. The molecule has 0 aliphatic heterocycles. The van der Waals surface area contributed by atoms with E-state index in [0.717, 1.165) is 16.8 Å². The summed E-state index contributed by atoms with van der Waals surface area (Å²) in [5.41, 5.74) is 2.31. The van der Waals surface area contributed by atoms with E-state index in [4.69, 9.17) is 4.74 Å². The molecule has 0 heterocycles. The Bertz CT molecular complexity index is 542. The van der Waals surface area contributed by atoms with Gasteiger partial charge in [-0.25, -0.2) is 0 Å². The van der Waals surface area contributed by atoms with Crippen molar-refractivity contribution in [1.82, 2.24) is 5.32 Å². The van der Waals surface area contributed by atoms with E-state index < -0.39 is 5.41 Å². The third-order valence-corrected chi connectivity index (χ3v) is 3.33. The molecule has 1 aromatic rings. The van der Waals surface area contributed by atoms with Crippen molar-refractivity contribution >= 4 is 17.5 Å². The number of nitrogens with one attached hydrogen (secondary N) is 1. The Morgan fingerprint density at radius 2 is 1.70 bits per heavy atom. The highest BCUT2D eigenvalue weighted by atomic mass is 16.5. The average Bonchev–Trinajstić information content (AvgIpc) is 2.42. The Labute approximate surface area is 139 Å². The van der Waals surface area contributed by atoms with Crippen LogP contribution in [0.2, 0.25) is 0 Å². The molecule has 1 N–H and O–H groups in total. The molecule has 0 fully saturated rings. The largest absolute Gasteiger partial charge is 0.383 e. The molecule has 0 atom stereocenters. The highest BCUT2D eigenvalue weighted by Crippen LogP contribution is 2.25. The van der Waals surface area contributed by atoms with Gasteiger partial charge in [0.05, 0.1) is 6.61 Å². The number of nitrogens with zero attached hydrogens (tertiary/aromatic N) is 1. The van der Waals surface area contributed by atoms with E-state index in [1.807, 2.05) is 52.8 Å². The van der Waals surface area contributed by atoms with Gasteiger partial charge in [-0.2, -0.15) is 0 Å². The smallest absolute Gasteiger partial charge is 0.240 e. The predicted octanol–water partition coefficient (Wildman–Crippen LogP) is 2.45. The molecule has 5 heteroatoms. The maximum Gasteiger partial charge on any atom is 0.240 e. The van der Waals surface area contributed by atoms with Crippen LogP contribution in [-0.4, -0.2) is 38.6 Å². The fourth-order valence-corrected chi connectivity index (χ4v) is 2.28. The maximum absolute atomic E-state index is 12.8. The molecule has 0 saturated carbocycles. The second-order valence-electron chi connectivity index (χ2n) is 6.83. The Balaban J connectivity index is 3.03. The summed E-state index contributed by atoms with van der Waals surface area (Å²) >= 11 is 0. The lowest BCUT2D eigenvalue weighted by molar-refractivity contribution is -0.128. The number of aryl methyl sites for hydroxylation is 2. The van der Waals surface area contributed by atoms with Crippen molar-refractivity contribution in [3.63, 3.8) is 0 Å². The third kappa shape index (κ3) is 6.02. The molecule has 2 amide bonds. The van der Waals surface area contributed by atoms with Crippen LogP contribution in [0.1, 0.15) is 31.9 Å². The summed E-state index contributed by atoms with van der Waals surface area (Å²) in [6.07, 6.45) is 0. The van der Waals surface area contributed by atoms with Crippen LogP contribution < -0.4 is 10.2 Å². The van der Waals surface area contributed by atoms with Gasteiger partial charge in [-0.05, 0) is 37.1 Å². The summed E-state index contributed by atoms with van der Waals surface area (Å²) in [4.78, 5) is 26.5. The molecule has 0 aliphatic rings. The van der Waals surface area contributed by atoms with E-state index >= 15 is 0 Å². The molecule has 0 aromatic heterocycles. The van der Waals surface area contributed by atoms with Crippen molar-refractivity contribution < 1.29 is 14.3 Å². The first kappa shape index (κ1) is 19.2. The van der Waals surface area contributed by atoms with Gasteiger partial charge in [-0.15, -0.1) is 0 Å². The standard InChI is InChI=1S/C18H28N2O3/c1-13-9-14(2)11-15(10-13)20(17(22)18(3,4)5)12-16(21)19-7-8-23-6/h9-11H,7-8,12H2,1-6H3,(H,19,21). The quantitative estimate of drug-likeness (QED) is 0.819. The summed E-state index contributed by atoms with van der Waals surface area (Å²) in [5, 5.41) is 2.76. The van der Waals surface area contributed by atoms with Gasteiger partial charge in [0.15, 0.2) is 0 Å². The Morgan fingerprint density at radius 3 is 2.17 bits per heavy atom. The van der Waals surface area contributed by atoms with Crippen LogP contribution in [0.15, 0.2) is 18.2 Å². The van der Waals surface area contributed by atoms with E-state index in [-0.39, 0.29) is 18.4 Å². The number of hydrogen-bond acceptors (Lipinski definition) is 3. The van der Waals surface area contributed by atoms with Crippen molar-refractivity contribution in [3.05, 3.63) is 29.3 Å². The average molecular weight is 320 g/mol. The molecule has 0 aliphatic carbocycles. The fourth-order valence-electron chi connectivity index (χ4n) is 2.28. The number of ether oxygens (including phenoxy) is 1. The molecular formula is C18H28N2O3. The number of anilines is 1. The zero-order valence-corrected chi connectivity index (χ0v) is 15.0. The van der Waals surface area contributed by atoms with E-state index in [1.165, 1.54) is 0 Å². The molecule has 128 valence electrons. The zero-order valence-electron chi connectivity index (χ0n) is 15.0. The number of rotatable bonds is 6. The minimum Gasteiger partial charge on any atom is -0.383 e. The number of methoxy groups -OCH3 is 1. The molecule has 0 bridgehead atoms. The van der Waals surface area contributed by atoms with Gasteiger partial charge >= 0.3 is 0 Å². The van der Waals surface area contributed by atoms with E-state index in [2.05, 4.69) is 5.32 Å². The van der Waals surface area contributed by atoms with E-state index in [9.17, 15) is 9.59 Å². The van der Waals surface area contributed by atoms with Crippen molar-refractivity contribution in [2.75, 3.05) is 31.7 Å². The van der Waals surface area contributed by atoms with Crippen LogP contribution in [0.25, 0.3) is 0 Å². The van der Waals surface area contributed by atoms with Crippen molar-refractivity contribution in [1.29, 1.82) is 0 Å². The topological polar surface area (TPSA) is 58.6 Å². The first-order valence-corrected chi connectivity index (χ1v) is 7.81. The van der Waals surface area contributed by atoms with Crippen LogP contribution >= 0.6 is 0 Å². The maximum atomic E-state index is 12.8. The van der Waals surface area contributed by atoms with Gasteiger partial charge in [-0.1, -0.05) is 26.8 Å². The normalized spacial score (nSPS) is 11.2. The van der Waals surface area contributed by atoms with Crippen molar-refractivity contribution in [3.8, 4) is 0 Å². The number of carbonyl (C=O) groups is 2. The van der Waals surface area contributed by atoms with Crippen molar-refractivity contribution in [2.45, 2.75) is 34.6 Å². The second-order valence-corrected chi connectivity index (χ2v) is 6.83. The van der Waals surface area contributed by atoms with E-state index in [0.29, 0.717) is 13.2 Å². The SMILES string of the molecule is COCCNC(=O)CN(C(=O)C(C)(C)C)c1cc(C)cc(C)c1. The lowest BCUT2D eigenvalue weighted by Crippen LogP contribution is -2.46. The molecule has 0 unspecified atom stereocenters. The number of carbonyl (C=O) groups excluding carboxylic acids is 2. The monoisotopic (exact) mass is 320 g/mol. The minimum atomic E-state index is -0.565. The highest BCUT2D eigenvalue weighted by Gasteiger charge is 2.29. The Morgan fingerprint density at radius 1 is 1.13 bits per heavy atom. The summed E-state index contributed by atoms with van der Waals surface area (Å²) in [5.74, 6) is -0.275. The fraction of sp³-hybridized carbons (Fsp3) is 0.556. The first-order valence-electron chi connectivity index (χ1n) is 7.81. The molecule has 5 nitrogen and oxygen atoms in total. The van der Waals surface area contributed by atoms with Crippen LogP contribution in [-0.2, 0) is 14.3 Å². The molecule has 0 saturated heterocycles. The Hall–Kier alpha value is -1.88. The summed E-state index contributed by atoms with van der Waals surface area (Å²) < 4.78 is 4.92. The summed E-state index contributed by atoms with van der Waals surface area (Å²) in [6.45, 7) is 10.4. The lowest BCUT2D eigenvalue weighted by Gasteiger charge is -2.29. The van der Waals surface area contributed by atoms with Gasteiger partial charge in [0.1, 0.15) is 6.54 Å².